The highest BCUT2D eigenvalue weighted by Crippen LogP contribution is 2.57. The van der Waals surface area contributed by atoms with Crippen LogP contribution in [0.1, 0.15) is 222 Å². The van der Waals surface area contributed by atoms with E-state index in [9.17, 15) is 0 Å². The summed E-state index contributed by atoms with van der Waals surface area (Å²) in [6, 6.07) is 35.5. The van der Waals surface area contributed by atoms with Gasteiger partial charge in [0.15, 0.2) is 0 Å². The molecule has 0 saturated carbocycles. The van der Waals surface area contributed by atoms with Crippen molar-refractivity contribution in [3.05, 3.63) is 147 Å². The van der Waals surface area contributed by atoms with Gasteiger partial charge in [-0.1, -0.05) is 153 Å². The summed E-state index contributed by atoms with van der Waals surface area (Å²) in [5.74, 6) is 0. The second-order valence-corrected chi connectivity index (χ2v) is 30.3. The van der Waals surface area contributed by atoms with Crippen LogP contribution < -0.4 is 26.4 Å². The van der Waals surface area contributed by atoms with Crippen LogP contribution in [0.2, 0.25) is 0 Å². The Bertz CT molecular complexity index is 3760. The van der Waals surface area contributed by atoms with Crippen LogP contribution in [0.4, 0.5) is 34.1 Å². The Morgan fingerprint density at radius 1 is 0.421 bits per heavy atom. The van der Waals surface area contributed by atoms with Gasteiger partial charge in [0.05, 0.1) is 17.0 Å². The first kappa shape index (κ1) is 46.6. The minimum atomic E-state index is -2.21. The number of hydrogen-bond donors (Lipinski definition) is 0. The summed E-state index contributed by atoms with van der Waals surface area (Å²) in [5.41, 5.74) is 26.5. The summed E-state index contributed by atoms with van der Waals surface area (Å²) in [5, 5.41) is 1.19. The Hall–Kier alpha value is -5.48. The van der Waals surface area contributed by atoms with Gasteiger partial charge in [-0.05, 0) is 230 Å². The molecule has 1 aromatic heterocycles. The van der Waals surface area contributed by atoms with Crippen LogP contribution in [0.5, 0.6) is 0 Å². The van der Waals surface area contributed by atoms with Gasteiger partial charge in [-0.3, -0.25) is 0 Å². The molecule has 0 saturated heterocycles. The van der Waals surface area contributed by atoms with E-state index in [1.165, 1.54) is 94.8 Å². The lowest BCUT2D eigenvalue weighted by Crippen LogP contribution is -2.61. The Morgan fingerprint density at radius 3 is 1.41 bits per heavy atom. The Balaban J connectivity index is 1.18. The van der Waals surface area contributed by atoms with Crippen molar-refractivity contribution in [3.8, 4) is 11.1 Å². The van der Waals surface area contributed by atoms with E-state index < -0.39 is 6.85 Å². The monoisotopic (exact) mass is 1010 g/mol. The van der Waals surface area contributed by atoms with E-state index in [0.717, 1.165) is 79.4 Å². The van der Waals surface area contributed by atoms with Crippen molar-refractivity contribution in [1.82, 2.24) is 0 Å². The molecular formula is C72H85BN2O. The molecule has 0 amide bonds. The summed E-state index contributed by atoms with van der Waals surface area (Å²) in [6.07, 6.45) is 8.95. The average Bonchev–Trinajstić information content (AvgIpc) is 2.66. The SMILES string of the molecule is [2H]C([2H])([2H])c1ccc(-c2cc3c(cc2N2c4cc5c(cc4B4c6oc7cc8c(cc7c6N(c6ccc7c(c6)C(C)(C)CCC7(C)C)c6cc(C)cc2c64)C(C)(C)CCC8(C)C)C(C)(C)CCC5(C)C)C(C)(C)CCC3(C)C)cc1. The van der Waals surface area contributed by atoms with Crippen molar-refractivity contribution in [3.63, 3.8) is 0 Å². The molecule has 3 heterocycles. The summed E-state index contributed by atoms with van der Waals surface area (Å²) in [7, 11) is 0. The molecule has 0 unspecified atom stereocenters. The molecule has 0 N–H and O–H groups in total. The molecule has 0 atom stereocenters. The predicted octanol–water partition coefficient (Wildman–Crippen LogP) is 18.2. The maximum atomic E-state index is 8.39. The molecular weight excluding hydrogens is 920 g/mol. The normalized spacial score (nSPS) is 22.6. The average molecular weight is 1010 g/mol. The zero-order chi connectivity index (χ0) is 56.5. The highest BCUT2D eigenvalue weighted by Gasteiger charge is 2.51. The lowest BCUT2D eigenvalue weighted by Gasteiger charge is -2.48. The number of furan rings is 1. The minimum Gasteiger partial charge on any atom is -0.468 e. The second-order valence-electron chi connectivity index (χ2n) is 30.3. The molecule has 76 heavy (non-hydrogen) atoms. The minimum absolute atomic E-state index is 0.00346. The van der Waals surface area contributed by atoms with Crippen molar-refractivity contribution in [2.24, 2.45) is 0 Å². The first-order chi connectivity index (χ1) is 36.6. The second kappa shape index (κ2) is 15.6. The van der Waals surface area contributed by atoms with E-state index in [4.69, 9.17) is 8.53 Å². The summed E-state index contributed by atoms with van der Waals surface area (Å²) in [4.78, 5) is 5.30. The van der Waals surface area contributed by atoms with Crippen molar-refractivity contribution < 1.29 is 8.53 Å². The van der Waals surface area contributed by atoms with Crippen LogP contribution in [-0.2, 0) is 43.3 Å². The molecule has 13 rings (SSSR count). The highest BCUT2D eigenvalue weighted by molar-refractivity contribution is 7.00. The topological polar surface area (TPSA) is 19.6 Å². The third kappa shape index (κ3) is 7.12. The molecule has 0 radical (unpaired) electrons. The molecule has 3 nitrogen and oxygen atoms in total. The number of anilines is 6. The molecule has 0 fully saturated rings. The van der Waals surface area contributed by atoms with E-state index >= 15 is 0 Å². The van der Waals surface area contributed by atoms with Crippen LogP contribution in [0.3, 0.4) is 0 Å². The molecule has 4 aliphatic carbocycles. The highest BCUT2D eigenvalue weighted by atomic mass is 16.3. The Kier molecular flexibility index (Phi) is 9.58. The number of hydrogen-bond acceptors (Lipinski definition) is 3. The summed E-state index contributed by atoms with van der Waals surface area (Å²) in [6.45, 7) is 39.0. The van der Waals surface area contributed by atoms with Crippen LogP contribution >= 0.6 is 0 Å². The van der Waals surface area contributed by atoms with Crippen molar-refractivity contribution in [1.29, 1.82) is 0 Å². The zero-order valence-corrected chi connectivity index (χ0v) is 49.2. The van der Waals surface area contributed by atoms with Gasteiger partial charge >= 0.3 is 0 Å². The van der Waals surface area contributed by atoms with Gasteiger partial charge in [-0.15, -0.1) is 0 Å². The molecule has 0 spiro atoms. The maximum absolute atomic E-state index is 8.39. The zero-order valence-electron chi connectivity index (χ0n) is 52.2. The fourth-order valence-electron chi connectivity index (χ4n) is 15.6. The Morgan fingerprint density at radius 2 is 0.868 bits per heavy atom. The number of fused-ring (bicyclic) bond motifs is 10. The van der Waals surface area contributed by atoms with Crippen LogP contribution in [0, 0.1) is 13.8 Å². The number of benzene rings is 6. The van der Waals surface area contributed by atoms with Crippen molar-refractivity contribution in [2.75, 3.05) is 9.80 Å². The summed E-state index contributed by atoms with van der Waals surface area (Å²) < 4.78 is 33.0. The van der Waals surface area contributed by atoms with Gasteiger partial charge in [0.1, 0.15) is 5.58 Å². The first-order valence-electron chi connectivity index (χ1n) is 30.6. The van der Waals surface area contributed by atoms with Crippen LogP contribution in [-0.4, -0.2) is 6.71 Å². The molecule has 392 valence electrons. The van der Waals surface area contributed by atoms with Gasteiger partial charge in [-0.2, -0.15) is 0 Å². The predicted molar refractivity (Wildman–Crippen MR) is 326 cm³/mol. The molecule has 7 aromatic rings. The quantitative estimate of drug-likeness (QED) is 0.164. The van der Waals surface area contributed by atoms with E-state index in [0.29, 0.717) is 5.56 Å². The lowest BCUT2D eigenvalue weighted by atomic mass is 9.35. The fourth-order valence-corrected chi connectivity index (χ4v) is 15.6. The third-order valence-electron chi connectivity index (χ3n) is 21.3. The fraction of sp³-hybridized carbons (Fsp3) is 0.472. The van der Waals surface area contributed by atoms with Crippen molar-refractivity contribution >= 4 is 68.4 Å². The van der Waals surface area contributed by atoms with Gasteiger partial charge in [0.2, 0.25) is 0 Å². The van der Waals surface area contributed by atoms with Gasteiger partial charge in [0.25, 0.3) is 6.71 Å². The first-order valence-corrected chi connectivity index (χ1v) is 29.1. The smallest absolute Gasteiger partial charge is 0.297 e. The molecule has 6 aliphatic rings. The molecule has 4 heteroatoms. The van der Waals surface area contributed by atoms with Crippen molar-refractivity contribution in [2.45, 2.75) is 219 Å². The maximum Gasteiger partial charge on any atom is 0.297 e. The number of aryl methyl sites for hydroxylation is 2. The standard InChI is InChI=1S/C72H85BN2O/c1-42-19-21-44(22-20-42)46-36-50-53(70(13,14)30-27-67(50,7)8)39-57(46)75-58-40-54-52(69(11,12)29-31-71(54,15)16)38-56(58)73-62-59(33-43(2)34-60(62)75)74(45-23-24-48-49(35-45)66(5,6)26-25-65(48,3)4)63-47-37-51-55(41-61(47)76-64(63)73)72(17,18)32-28-68(51,9)10/h19-24,33-41H,25-32H2,1-18H3/i1D3. The third-order valence-corrected chi connectivity index (χ3v) is 21.3. The van der Waals surface area contributed by atoms with Gasteiger partial charge in [-0.25, -0.2) is 0 Å². The van der Waals surface area contributed by atoms with E-state index in [1.54, 1.807) is 0 Å². The van der Waals surface area contributed by atoms with Crippen LogP contribution in [0.15, 0.2) is 95.4 Å². The molecule has 2 aliphatic heterocycles. The lowest BCUT2D eigenvalue weighted by molar-refractivity contribution is 0.332. The Labute approximate surface area is 461 Å². The number of nitrogens with zero attached hydrogens (tertiary/aromatic N) is 2. The van der Waals surface area contributed by atoms with E-state index in [1.807, 2.05) is 12.1 Å². The van der Waals surface area contributed by atoms with E-state index in [-0.39, 0.29) is 50.0 Å². The summed E-state index contributed by atoms with van der Waals surface area (Å²) >= 11 is 0. The van der Waals surface area contributed by atoms with Gasteiger partial charge in [0, 0.05) is 37.8 Å². The van der Waals surface area contributed by atoms with Gasteiger partial charge < -0.3 is 14.2 Å². The number of rotatable bonds is 3. The largest absolute Gasteiger partial charge is 0.468 e. The van der Waals surface area contributed by atoms with Crippen LogP contribution in [0.25, 0.3) is 22.1 Å². The molecule has 0 bridgehead atoms. The molecule has 6 aromatic carbocycles. The van der Waals surface area contributed by atoms with E-state index in [2.05, 4.69) is 206 Å².